The number of hydrogen-bond donors (Lipinski definition) is 2. The lowest BCUT2D eigenvalue weighted by Gasteiger charge is -2.34. The summed E-state index contributed by atoms with van der Waals surface area (Å²) in [6.07, 6.45) is 0. The van der Waals surface area contributed by atoms with Gasteiger partial charge in [0.15, 0.2) is 0 Å². The highest BCUT2D eigenvalue weighted by atomic mass is 16.2. The molecule has 6 nitrogen and oxygen atoms in total. The molecule has 142 valence electrons. The van der Waals surface area contributed by atoms with Crippen LogP contribution < -0.4 is 11.1 Å². The lowest BCUT2D eigenvalue weighted by Crippen LogP contribution is -2.50. The van der Waals surface area contributed by atoms with Crippen molar-refractivity contribution in [3.8, 4) is 0 Å². The summed E-state index contributed by atoms with van der Waals surface area (Å²) < 4.78 is 0. The third-order valence-electron chi connectivity index (χ3n) is 4.96. The molecular formula is C21H26N4O2. The van der Waals surface area contributed by atoms with E-state index in [9.17, 15) is 9.59 Å². The number of carbonyl (C=O) groups is 2. The van der Waals surface area contributed by atoms with E-state index in [-0.39, 0.29) is 11.8 Å². The second-order valence-electron chi connectivity index (χ2n) is 6.97. The van der Waals surface area contributed by atoms with E-state index in [0.29, 0.717) is 44.0 Å². The van der Waals surface area contributed by atoms with E-state index in [1.807, 2.05) is 44.2 Å². The Morgan fingerprint density at radius 3 is 2.22 bits per heavy atom. The molecule has 2 amide bonds. The van der Waals surface area contributed by atoms with Crippen LogP contribution in [0, 0.1) is 13.8 Å². The van der Waals surface area contributed by atoms with Gasteiger partial charge in [-0.1, -0.05) is 30.3 Å². The maximum absolute atomic E-state index is 12.6. The lowest BCUT2D eigenvalue weighted by molar-refractivity contribution is -0.117. The number of nitrogens with zero attached hydrogens (tertiary/aromatic N) is 2. The maximum atomic E-state index is 12.6. The number of hydrogen-bond acceptors (Lipinski definition) is 4. The Morgan fingerprint density at radius 1 is 0.963 bits per heavy atom. The molecule has 0 spiro atoms. The van der Waals surface area contributed by atoms with Crippen LogP contribution in [0.4, 0.5) is 11.4 Å². The first kappa shape index (κ1) is 18.9. The summed E-state index contributed by atoms with van der Waals surface area (Å²) in [4.78, 5) is 28.9. The van der Waals surface area contributed by atoms with E-state index in [1.54, 1.807) is 17.0 Å². The molecule has 1 fully saturated rings. The third-order valence-corrected chi connectivity index (χ3v) is 4.96. The number of anilines is 2. The van der Waals surface area contributed by atoms with Crippen LogP contribution in [-0.4, -0.2) is 54.3 Å². The van der Waals surface area contributed by atoms with Gasteiger partial charge in [-0.05, 0) is 37.1 Å². The summed E-state index contributed by atoms with van der Waals surface area (Å²) in [6, 6.07) is 13.1. The zero-order valence-corrected chi connectivity index (χ0v) is 15.9. The molecule has 0 atom stereocenters. The average molecular weight is 366 g/mol. The summed E-state index contributed by atoms with van der Waals surface area (Å²) >= 11 is 0. The SMILES string of the molecule is Cc1cccc(C)c1NC(=O)CN1CCN(C(=O)c2ccccc2N)CC1. The minimum atomic E-state index is -0.0484. The van der Waals surface area contributed by atoms with Crippen molar-refractivity contribution in [3.05, 3.63) is 59.2 Å². The quantitative estimate of drug-likeness (QED) is 0.814. The van der Waals surface area contributed by atoms with Crippen molar-refractivity contribution in [3.63, 3.8) is 0 Å². The van der Waals surface area contributed by atoms with Gasteiger partial charge in [0.2, 0.25) is 5.91 Å². The number of piperazine rings is 1. The highest BCUT2D eigenvalue weighted by Crippen LogP contribution is 2.19. The Hall–Kier alpha value is -2.86. The maximum Gasteiger partial charge on any atom is 0.256 e. The first-order chi connectivity index (χ1) is 13.0. The molecule has 2 aromatic carbocycles. The third kappa shape index (κ3) is 4.46. The first-order valence-corrected chi connectivity index (χ1v) is 9.18. The van der Waals surface area contributed by atoms with Crippen LogP contribution in [0.3, 0.4) is 0 Å². The Labute approximate surface area is 159 Å². The van der Waals surface area contributed by atoms with E-state index in [2.05, 4.69) is 10.2 Å². The lowest BCUT2D eigenvalue weighted by atomic mass is 10.1. The number of nitrogen functional groups attached to an aromatic ring is 1. The molecule has 6 heteroatoms. The number of carbonyl (C=O) groups excluding carboxylic acids is 2. The van der Waals surface area contributed by atoms with Crippen molar-refractivity contribution in [2.24, 2.45) is 0 Å². The predicted molar refractivity (Wildman–Crippen MR) is 108 cm³/mol. The molecule has 1 aliphatic heterocycles. The summed E-state index contributed by atoms with van der Waals surface area (Å²) in [5.74, 6) is -0.0767. The second-order valence-corrected chi connectivity index (χ2v) is 6.97. The largest absolute Gasteiger partial charge is 0.398 e. The fourth-order valence-electron chi connectivity index (χ4n) is 3.36. The van der Waals surface area contributed by atoms with Crippen molar-refractivity contribution in [2.45, 2.75) is 13.8 Å². The Morgan fingerprint density at radius 2 is 1.59 bits per heavy atom. The molecule has 3 rings (SSSR count). The normalized spacial score (nSPS) is 14.8. The molecule has 0 unspecified atom stereocenters. The number of aryl methyl sites for hydroxylation is 2. The monoisotopic (exact) mass is 366 g/mol. The van der Waals surface area contributed by atoms with Crippen LogP contribution >= 0.6 is 0 Å². The van der Waals surface area contributed by atoms with Gasteiger partial charge in [-0.3, -0.25) is 14.5 Å². The van der Waals surface area contributed by atoms with Gasteiger partial charge in [-0.15, -0.1) is 0 Å². The molecule has 3 N–H and O–H groups in total. The zero-order chi connectivity index (χ0) is 19.4. The molecule has 1 aliphatic rings. The van der Waals surface area contributed by atoms with E-state index < -0.39 is 0 Å². The Bertz CT molecular complexity index is 822. The van der Waals surface area contributed by atoms with Gasteiger partial charge in [0.25, 0.3) is 5.91 Å². The van der Waals surface area contributed by atoms with Gasteiger partial charge in [0.05, 0.1) is 12.1 Å². The topological polar surface area (TPSA) is 78.7 Å². The van der Waals surface area contributed by atoms with Crippen molar-refractivity contribution in [2.75, 3.05) is 43.8 Å². The fraction of sp³-hybridized carbons (Fsp3) is 0.333. The molecule has 0 aromatic heterocycles. The van der Waals surface area contributed by atoms with Crippen LogP contribution in [0.1, 0.15) is 21.5 Å². The smallest absolute Gasteiger partial charge is 0.256 e. The molecule has 0 bridgehead atoms. The zero-order valence-electron chi connectivity index (χ0n) is 15.9. The van der Waals surface area contributed by atoms with Crippen molar-refractivity contribution < 1.29 is 9.59 Å². The molecule has 27 heavy (non-hydrogen) atoms. The minimum absolute atomic E-state index is 0.0283. The average Bonchev–Trinajstić information content (AvgIpc) is 2.65. The molecule has 1 saturated heterocycles. The number of amides is 2. The number of rotatable bonds is 4. The van der Waals surface area contributed by atoms with Crippen LogP contribution in [0.2, 0.25) is 0 Å². The molecule has 0 saturated carbocycles. The number of benzene rings is 2. The molecule has 0 aliphatic carbocycles. The van der Waals surface area contributed by atoms with Crippen LogP contribution in [0.25, 0.3) is 0 Å². The van der Waals surface area contributed by atoms with Crippen molar-refractivity contribution in [1.82, 2.24) is 9.80 Å². The number of para-hydroxylation sites is 2. The fourth-order valence-corrected chi connectivity index (χ4v) is 3.36. The minimum Gasteiger partial charge on any atom is -0.398 e. The number of nitrogens with two attached hydrogens (primary N) is 1. The highest BCUT2D eigenvalue weighted by Gasteiger charge is 2.24. The van der Waals surface area contributed by atoms with E-state index in [1.165, 1.54) is 0 Å². The molecule has 1 heterocycles. The van der Waals surface area contributed by atoms with Crippen LogP contribution in [0.15, 0.2) is 42.5 Å². The van der Waals surface area contributed by atoms with E-state index in [0.717, 1.165) is 16.8 Å². The Balaban J connectivity index is 1.53. The molecule has 0 radical (unpaired) electrons. The predicted octanol–water partition coefficient (Wildman–Crippen LogP) is 2.28. The van der Waals surface area contributed by atoms with Gasteiger partial charge >= 0.3 is 0 Å². The summed E-state index contributed by atoms with van der Waals surface area (Å²) in [5.41, 5.74) is 9.94. The van der Waals surface area contributed by atoms with E-state index in [4.69, 9.17) is 5.73 Å². The standard InChI is InChI=1S/C21H26N4O2/c1-15-6-5-7-16(2)20(15)23-19(26)14-24-10-12-25(13-11-24)21(27)17-8-3-4-9-18(17)22/h3-9H,10-14,22H2,1-2H3,(H,23,26). The summed E-state index contributed by atoms with van der Waals surface area (Å²) in [7, 11) is 0. The van der Waals surface area contributed by atoms with Crippen molar-refractivity contribution >= 4 is 23.2 Å². The van der Waals surface area contributed by atoms with Gasteiger partial charge in [0.1, 0.15) is 0 Å². The summed E-state index contributed by atoms with van der Waals surface area (Å²) in [6.45, 7) is 6.80. The van der Waals surface area contributed by atoms with E-state index >= 15 is 0 Å². The summed E-state index contributed by atoms with van der Waals surface area (Å²) in [5, 5.41) is 3.02. The molecular weight excluding hydrogens is 340 g/mol. The number of nitrogens with one attached hydrogen (secondary N) is 1. The van der Waals surface area contributed by atoms with Gasteiger partial charge in [-0.2, -0.15) is 0 Å². The van der Waals surface area contributed by atoms with Gasteiger partial charge < -0.3 is 16.0 Å². The van der Waals surface area contributed by atoms with Crippen LogP contribution in [0.5, 0.6) is 0 Å². The highest BCUT2D eigenvalue weighted by molar-refractivity contribution is 5.99. The first-order valence-electron chi connectivity index (χ1n) is 9.18. The van der Waals surface area contributed by atoms with Crippen LogP contribution in [-0.2, 0) is 4.79 Å². The Kier molecular flexibility index (Phi) is 5.76. The van der Waals surface area contributed by atoms with Gasteiger partial charge in [-0.25, -0.2) is 0 Å². The van der Waals surface area contributed by atoms with Gasteiger partial charge in [0, 0.05) is 37.6 Å². The van der Waals surface area contributed by atoms with Crippen molar-refractivity contribution in [1.29, 1.82) is 0 Å². The molecule has 2 aromatic rings. The second kappa shape index (κ2) is 8.22.